The molecule has 0 aromatic carbocycles. The molecule has 16 heavy (non-hydrogen) atoms. The first kappa shape index (κ1) is 12.1. The van der Waals surface area contributed by atoms with E-state index in [2.05, 4.69) is 32.7 Å². The number of aromatic nitrogens is 1. The van der Waals surface area contributed by atoms with Gasteiger partial charge >= 0.3 is 0 Å². The third-order valence-electron chi connectivity index (χ3n) is 2.67. The molecule has 1 aromatic rings. The SMILES string of the molecule is Cc1ccnc(N2CCOC(CCl)C2)c1Br. The van der Waals surface area contributed by atoms with Gasteiger partial charge in [0, 0.05) is 19.3 Å². The smallest absolute Gasteiger partial charge is 0.143 e. The Morgan fingerprint density at radius 3 is 3.25 bits per heavy atom. The minimum absolute atomic E-state index is 0.102. The lowest BCUT2D eigenvalue weighted by atomic mass is 10.2. The van der Waals surface area contributed by atoms with Crippen LogP contribution in [0.1, 0.15) is 5.56 Å². The molecule has 1 unspecified atom stereocenters. The van der Waals surface area contributed by atoms with Crippen molar-refractivity contribution in [2.24, 2.45) is 0 Å². The lowest BCUT2D eigenvalue weighted by molar-refractivity contribution is 0.0551. The second kappa shape index (κ2) is 5.34. The van der Waals surface area contributed by atoms with Crippen molar-refractivity contribution in [3.8, 4) is 0 Å². The zero-order valence-electron chi connectivity index (χ0n) is 9.12. The normalized spacial score (nSPS) is 21.2. The van der Waals surface area contributed by atoms with E-state index in [0.29, 0.717) is 12.5 Å². The third-order valence-corrected chi connectivity index (χ3v) is 4.00. The second-order valence-corrected chi connectivity index (χ2v) is 4.96. The van der Waals surface area contributed by atoms with E-state index in [1.54, 1.807) is 0 Å². The van der Waals surface area contributed by atoms with Crippen LogP contribution in [0.2, 0.25) is 0 Å². The summed E-state index contributed by atoms with van der Waals surface area (Å²) < 4.78 is 6.59. The van der Waals surface area contributed by atoms with Crippen molar-refractivity contribution >= 4 is 33.3 Å². The molecule has 0 saturated carbocycles. The van der Waals surface area contributed by atoms with Gasteiger partial charge in [-0.1, -0.05) is 0 Å². The molecule has 2 heterocycles. The van der Waals surface area contributed by atoms with Gasteiger partial charge in [-0.25, -0.2) is 4.98 Å². The number of anilines is 1. The quantitative estimate of drug-likeness (QED) is 0.785. The number of morpholine rings is 1. The number of alkyl halides is 1. The van der Waals surface area contributed by atoms with E-state index in [0.717, 1.165) is 23.4 Å². The Bertz CT molecular complexity index is 375. The van der Waals surface area contributed by atoms with Gasteiger partial charge in [0.15, 0.2) is 0 Å². The molecule has 1 aliphatic heterocycles. The first-order chi connectivity index (χ1) is 7.72. The second-order valence-electron chi connectivity index (χ2n) is 3.86. The number of hydrogen-bond acceptors (Lipinski definition) is 3. The molecule has 1 fully saturated rings. The molecule has 5 heteroatoms. The van der Waals surface area contributed by atoms with Crippen LogP contribution in [0, 0.1) is 6.92 Å². The number of hydrogen-bond donors (Lipinski definition) is 0. The molecule has 88 valence electrons. The zero-order valence-corrected chi connectivity index (χ0v) is 11.5. The summed E-state index contributed by atoms with van der Waals surface area (Å²) in [6.45, 7) is 4.44. The van der Waals surface area contributed by atoms with Gasteiger partial charge in [-0.15, -0.1) is 11.6 Å². The summed E-state index contributed by atoms with van der Waals surface area (Å²) in [7, 11) is 0. The predicted molar refractivity (Wildman–Crippen MR) is 69.3 cm³/mol. The molecule has 1 saturated heterocycles. The molecule has 1 atom stereocenters. The van der Waals surface area contributed by atoms with Gasteiger partial charge in [-0.05, 0) is 34.5 Å². The highest BCUT2D eigenvalue weighted by molar-refractivity contribution is 9.10. The summed E-state index contributed by atoms with van der Waals surface area (Å²) >= 11 is 9.40. The number of rotatable bonds is 2. The van der Waals surface area contributed by atoms with E-state index < -0.39 is 0 Å². The lowest BCUT2D eigenvalue weighted by Crippen LogP contribution is -2.43. The third kappa shape index (κ3) is 2.50. The highest BCUT2D eigenvalue weighted by Gasteiger charge is 2.22. The van der Waals surface area contributed by atoms with E-state index in [1.165, 1.54) is 5.56 Å². The molecule has 1 aromatic heterocycles. The van der Waals surface area contributed by atoms with Crippen LogP contribution in [0.4, 0.5) is 5.82 Å². The van der Waals surface area contributed by atoms with Crippen molar-refractivity contribution < 1.29 is 4.74 Å². The van der Waals surface area contributed by atoms with Crippen LogP contribution in [0.5, 0.6) is 0 Å². The van der Waals surface area contributed by atoms with Crippen molar-refractivity contribution in [1.29, 1.82) is 0 Å². The van der Waals surface area contributed by atoms with Gasteiger partial charge in [0.1, 0.15) is 5.82 Å². The largest absolute Gasteiger partial charge is 0.373 e. The Labute approximate surface area is 109 Å². The van der Waals surface area contributed by atoms with Gasteiger partial charge in [0.25, 0.3) is 0 Å². The summed E-state index contributed by atoms with van der Waals surface area (Å²) in [5, 5.41) is 0. The number of pyridine rings is 1. The molecule has 0 radical (unpaired) electrons. The van der Waals surface area contributed by atoms with Gasteiger partial charge in [-0.2, -0.15) is 0 Å². The van der Waals surface area contributed by atoms with Gasteiger partial charge < -0.3 is 9.64 Å². The van der Waals surface area contributed by atoms with Gasteiger partial charge in [0.2, 0.25) is 0 Å². The summed E-state index contributed by atoms with van der Waals surface area (Å²) in [5.74, 6) is 1.51. The van der Waals surface area contributed by atoms with Gasteiger partial charge in [-0.3, -0.25) is 0 Å². The van der Waals surface area contributed by atoms with Crippen LogP contribution < -0.4 is 4.90 Å². The molecule has 0 spiro atoms. The van der Waals surface area contributed by atoms with Crippen molar-refractivity contribution in [3.05, 3.63) is 22.3 Å². The van der Waals surface area contributed by atoms with Crippen LogP contribution >= 0.6 is 27.5 Å². The molecular weight excluding hydrogens is 291 g/mol. The summed E-state index contributed by atoms with van der Waals surface area (Å²) in [4.78, 5) is 6.63. The van der Waals surface area contributed by atoms with Crippen LogP contribution in [0.3, 0.4) is 0 Å². The molecule has 2 rings (SSSR count). The van der Waals surface area contributed by atoms with E-state index in [4.69, 9.17) is 16.3 Å². The van der Waals surface area contributed by atoms with E-state index in [1.807, 2.05) is 12.3 Å². The van der Waals surface area contributed by atoms with Crippen molar-refractivity contribution in [1.82, 2.24) is 4.98 Å². The Morgan fingerprint density at radius 2 is 2.50 bits per heavy atom. The number of ether oxygens (including phenoxy) is 1. The highest BCUT2D eigenvalue weighted by Crippen LogP contribution is 2.28. The van der Waals surface area contributed by atoms with Crippen molar-refractivity contribution in [2.75, 3.05) is 30.5 Å². The predicted octanol–water partition coefficient (Wildman–Crippen LogP) is 2.60. The lowest BCUT2D eigenvalue weighted by Gasteiger charge is -2.33. The maximum Gasteiger partial charge on any atom is 0.143 e. The first-order valence-corrected chi connectivity index (χ1v) is 6.58. The standard InChI is InChI=1S/C11H14BrClN2O/c1-8-2-3-14-11(10(8)12)15-4-5-16-9(6-13)7-15/h2-3,9H,4-7H2,1H3. The summed E-state index contributed by atoms with van der Waals surface area (Å²) in [6, 6.07) is 1.99. The maximum absolute atomic E-state index is 5.82. The maximum atomic E-state index is 5.82. The Kier molecular flexibility index (Phi) is 4.05. The van der Waals surface area contributed by atoms with E-state index >= 15 is 0 Å². The Balaban J connectivity index is 2.20. The highest BCUT2D eigenvalue weighted by atomic mass is 79.9. The summed E-state index contributed by atoms with van der Waals surface area (Å²) in [6.07, 6.45) is 1.94. The molecule has 1 aliphatic rings. The fraction of sp³-hybridized carbons (Fsp3) is 0.545. The topological polar surface area (TPSA) is 25.4 Å². The molecule has 0 N–H and O–H groups in total. The average molecular weight is 306 g/mol. The average Bonchev–Trinajstić information content (AvgIpc) is 2.33. The molecule has 0 bridgehead atoms. The number of aryl methyl sites for hydroxylation is 1. The Hall–Kier alpha value is -0.320. The minimum Gasteiger partial charge on any atom is -0.373 e. The van der Waals surface area contributed by atoms with E-state index in [-0.39, 0.29) is 6.10 Å². The minimum atomic E-state index is 0.102. The number of halogens is 2. The van der Waals surface area contributed by atoms with Crippen LogP contribution in [-0.4, -0.2) is 36.7 Å². The first-order valence-electron chi connectivity index (χ1n) is 5.26. The number of nitrogens with zero attached hydrogens (tertiary/aromatic N) is 2. The summed E-state index contributed by atoms with van der Waals surface area (Å²) in [5.41, 5.74) is 1.19. The molecule has 3 nitrogen and oxygen atoms in total. The molecule has 0 amide bonds. The van der Waals surface area contributed by atoms with Crippen LogP contribution in [0.15, 0.2) is 16.7 Å². The van der Waals surface area contributed by atoms with Gasteiger partial charge in [0.05, 0.1) is 23.1 Å². The molecular formula is C11H14BrClN2O. The van der Waals surface area contributed by atoms with Crippen LogP contribution in [-0.2, 0) is 4.74 Å². The fourth-order valence-corrected chi connectivity index (χ4v) is 2.42. The Morgan fingerprint density at radius 1 is 1.69 bits per heavy atom. The fourth-order valence-electron chi connectivity index (χ4n) is 1.75. The van der Waals surface area contributed by atoms with E-state index in [9.17, 15) is 0 Å². The molecule has 0 aliphatic carbocycles. The monoisotopic (exact) mass is 304 g/mol. The van der Waals surface area contributed by atoms with Crippen molar-refractivity contribution in [3.63, 3.8) is 0 Å². The zero-order chi connectivity index (χ0) is 11.5. The van der Waals surface area contributed by atoms with Crippen molar-refractivity contribution in [2.45, 2.75) is 13.0 Å². The van der Waals surface area contributed by atoms with Crippen LogP contribution in [0.25, 0.3) is 0 Å².